The number of unbranched alkanes of at least 4 members (excludes halogenated alkanes) is 2. The molecule has 0 amide bonds. The molecule has 2 fully saturated rings. The lowest BCUT2D eigenvalue weighted by atomic mass is 10.0. The van der Waals surface area contributed by atoms with Gasteiger partial charge in [-0.25, -0.2) is 9.59 Å². The molecule has 8 heteroatoms. The number of hydrogen-bond acceptors (Lipinski definition) is 8. The van der Waals surface area contributed by atoms with Gasteiger partial charge in [-0.1, -0.05) is 89.9 Å². The van der Waals surface area contributed by atoms with Crippen molar-refractivity contribution >= 4 is 11.9 Å². The third-order valence-corrected chi connectivity index (χ3v) is 11.2. The second-order valence-electron chi connectivity index (χ2n) is 15.6. The van der Waals surface area contributed by atoms with Crippen molar-refractivity contribution in [3.05, 3.63) is 130 Å². The maximum atomic E-state index is 13.1. The van der Waals surface area contributed by atoms with E-state index in [2.05, 4.69) is 51.4 Å². The average molecular weight is 811 g/mol. The van der Waals surface area contributed by atoms with E-state index < -0.39 is 36.4 Å². The van der Waals surface area contributed by atoms with Gasteiger partial charge in [-0.3, -0.25) is 0 Å². The Bertz CT molecular complexity index is 1930. The average Bonchev–Trinajstić information content (AvgIpc) is 3.88. The fraction of sp³-hybridized carbons (Fsp3) is 0.423. The highest BCUT2D eigenvalue weighted by Crippen LogP contribution is 2.32. The molecule has 60 heavy (non-hydrogen) atoms. The van der Waals surface area contributed by atoms with E-state index in [1.165, 1.54) is 38.5 Å². The smallest absolute Gasteiger partial charge is 0.338 e. The van der Waals surface area contributed by atoms with Gasteiger partial charge < -0.3 is 28.4 Å². The minimum Gasteiger partial charge on any atom is -0.493 e. The van der Waals surface area contributed by atoms with Crippen LogP contribution in [0.1, 0.15) is 122 Å². The zero-order chi connectivity index (χ0) is 42.1. The molecule has 0 spiro atoms. The molecule has 0 N–H and O–H groups in total. The fourth-order valence-electron chi connectivity index (χ4n) is 7.20. The van der Waals surface area contributed by atoms with Gasteiger partial charge in [0.05, 0.1) is 37.6 Å². The minimum atomic E-state index is -0.632. The Labute approximate surface area is 356 Å². The summed E-state index contributed by atoms with van der Waals surface area (Å²) >= 11 is 0. The molecule has 2 saturated heterocycles. The summed E-state index contributed by atoms with van der Waals surface area (Å²) in [6.07, 6.45) is 7.14. The molecule has 4 aromatic carbocycles. The van der Waals surface area contributed by atoms with Gasteiger partial charge in [0.2, 0.25) is 0 Å². The van der Waals surface area contributed by atoms with Crippen LogP contribution in [0.2, 0.25) is 0 Å². The number of benzene rings is 4. The van der Waals surface area contributed by atoms with Gasteiger partial charge in [0.15, 0.2) is 12.2 Å². The Hall–Kier alpha value is -5.54. The van der Waals surface area contributed by atoms with Crippen LogP contribution >= 0.6 is 0 Å². The van der Waals surface area contributed by atoms with Crippen molar-refractivity contribution in [2.24, 2.45) is 11.8 Å². The first-order valence-electron chi connectivity index (χ1n) is 21.7. The Morgan fingerprint density at radius 2 is 0.867 bits per heavy atom. The lowest BCUT2D eigenvalue weighted by Gasteiger charge is -2.17. The summed E-state index contributed by atoms with van der Waals surface area (Å²) in [5.41, 5.74) is 4.08. The number of ether oxygens (including phenoxy) is 6. The lowest BCUT2D eigenvalue weighted by molar-refractivity contribution is -0.0287. The van der Waals surface area contributed by atoms with Gasteiger partial charge in [-0.05, 0) is 122 Å². The van der Waals surface area contributed by atoms with Crippen molar-refractivity contribution in [1.29, 1.82) is 0 Å². The molecule has 2 heterocycles. The van der Waals surface area contributed by atoms with Crippen molar-refractivity contribution in [3.8, 4) is 35.2 Å². The lowest BCUT2D eigenvalue weighted by Crippen LogP contribution is -2.36. The summed E-state index contributed by atoms with van der Waals surface area (Å²) in [7, 11) is 0. The minimum absolute atomic E-state index is 0.141. The van der Waals surface area contributed by atoms with Crippen LogP contribution in [0.3, 0.4) is 0 Å². The number of rotatable bonds is 18. The molecule has 2 aliphatic rings. The maximum Gasteiger partial charge on any atom is 0.338 e. The zero-order valence-corrected chi connectivity index (χ0v) is 35.5. The maximum absolute atomic E-state index is 13.1. The Morgan fingerprint density at radius 3 is 1.18 bits per heavy atom. The van der Waals surface area contributed by atoms with Crippen molar-refractivity contribution in [1.82, 2.24) is 0 Å². The van der Waals surface area contributed by atoms with Gasteiger partial charge in [0, 0.05) is 22.3 Å². The van der Waals surface area contributed by atoms with Gasteiger partial charge in [0.25, 0.3) is 0 Å². The summed E-state index contributed by atoms with van der Waals surface area (Å²) in [6.45, 7) is 10.6. The number of fused-ring (bicyclic) bond motifs is 1. The number of esters is 2. The van der Waals surface area contributed by atoms with Crippen LogP contribution in [0.15, 0.2) is 97.1 Å². The molecule has 0 radical (unpaired) electrons. The highest BCUT2D eigenvalue weighted by molar-refractivity contribution is 5.90. The second kappa shape index (κ2) is 22.7. The van der Waals surface area contributed by atoms with Crippen molar-refractivity contribution in [3.63, 3.8) is 0 Å². The van der Waals surface area contributed by atoms with E-state index in [-0.39, 0.29) is 13.2 Å². The number of carbonyl (C=O) groups is 2. The van der Waals surface area contributed by atoms with Gasteiger partial charge >= 0.3 is 11.9 Å². The van der Waals surface area contributed by atoms with E-state index in [0.717, 1.165) is 59.8 Å². The molecule has 0 aliphatic carbocycles. The quantitative estimate of drug-likeness (QED) is 0.0725. The molecule has 0 aromatic heterocycles. The molecule has 4 aromatic rings. The largest absolute Gasteiger partial charge is 0.493 e. The molecule has 6 atom stereocenters. The van der Waals surface area contributed by atoms with Gasteiger partial charge in [0.1, 0.15) is 23.7 Å². The summed E-state index contributed by atoms with van der Waals surface area (Å²) in [4.78, 5) is 26.2. The van der Waals surface area contributed by atoms with Crippen LogP contribution in [-0.4, -0.2) is 62.8 Å². The summed E-state index contributed by atoms with van der Waals surface area (Å²) in [5, 5.41) is 0. The van der Waals surface area contributed by atoms with Crippen molar-refractivity contribution < 1.29 is 38.0 Å². The first-order valence-corrected chi connectivity index (χ1v) is 21.7. The van der Waals surface area contributed by atoms with Crippen LogP contribution in [0.25, 0.3) is 0 Å². The standard InChI is InChI=1S/C52H58O8/c1-5-9-11-37(7-3)33-55-45-29-21-41(22-30-45)15-13-39-17-25-43(26-18-39)51(53)59-47-35-57-50-48(36-58-49(47)50)60-52(54)44-27-19-40(20-28-44)14-16-42-23-31-46(32-24-42)56-34-38(8-4)12-10-6-2/h17-32,37-38,47-50H,5-12,33-36H2,1-4H3/t37?,38?,47-,48+,49?,50?. The predicted octanol–water partition coefficient (Wildman–Crippen LogP) is 10.2. The van der Waals surface area contributed by atoms with Crippen LogP contribution in [-0.2, 0) is 18.9 Å². The molecule has 0 saturated carbocycles. The predicted molar refractivity (Wildman–Crippen MR) is 233 cm³/mol. The third-order valence-electron chi connectivity index (χ3n) is 11.2. The molecular weight excluding hydrogens is 753 g/mol. The molecule has 0 bridgehead atoms. The van der Waals surface area contributed by atoms with Crippen LogP contribution < -0.4 is 9.47 Å². The van der Waals surface area contributed by atoms with Crippen molar-refractivity contribution in [2.75, 3.05) is 26.4 Å². The fourth-order valence-corrected chi connectivity index (χ4v) is 7.20. The van der Waals surface area contributed by atoms with E-state index in [9.17, 15) is 9.59 Å². The first kappa shape index (κ1) is 44.0. The molecule has 2 aliphatic heterocycles. The highest BCUT2D eigenvalue weighted by Gasteiger charge is 2.51. The van der Waals surface area contributed by atoms with E-state index >= 15 is 0 Å². The summed E-state index contributed by atoms with van der Waals surface area (Å²) in [5.74, 6) is 14.5. The Kier molecular flexibility index (Phi) is 16.7. The van der Waals surface area contributed by atoms with Gasteiger partial charge in [-0.15, -0.1) is 0 Å². The Balaban J connectivity index is 0.932. The van der Waals surface area contributed by atoms with Crippen LogP contribution in [0.4, 0.5) is 0 Å². The summed E-state index contributed by atoms with van der Waals surface area (Å²) in [6, 6.07) is 29.6. The van der Waals surface area contributed by atoms with E-state index in [1.54, 1.807) is 48.5 Å². The number of hydrogen-bond donors (Lipinski definition) is 0. The normalized spacial score (nSPS) is 18.8. The van der Waals surface area contributed by atoms with E-state index in [4.69, 9.17) is 28.4 Å². The van der Waals surface area contributed by atoms with E-state index in [1.807, 2.05) is 48.5 Å². The zero-order valence-electron chi connectivity index (χ0n) is 35.5. The molecule has 314 valence electrons. The topological polar surface area (TPSA) is 89.5 Å². The SMILES string of the molecule is CCCCC(CC)COc1ccc(C#Cc2ccc(C(=O)O[C@H]3COC4C3OC[C@H]4OC(=O)c3ccc(C#Cc4ccc(OCC(CC)CCCC)cc4)cc3)cc2)cc1. The molecule has 8 nitrogen and oxygen atoms in total. The Morgan fingerprint density at radius 1 is 0.533 bits per heavy atom. The second-order valence-corrected chi connectivity index (χ2v) is 15.6. The monoisotopic (exact) mass is 810 g/mol. The third kappa shape index (κ3) is 12.7. The highest BCUT2D eigenvalue weighted by atomic mass is 16.7. The van der Waals surface area contributed by atoms with Crippen molar-refractivity contribution in [2.45, 2.75) is 103 Å². The van der Waals surface area contributed by atoms with Gasteiger partial charge in [-0.2, -0.15) is 0 Å². The number of carbonyl (C=O) groups excluding carboxylic acids is 2. The first-order chi connectivity index (χ1) is 29.3. The molecule has 4 unspecified atom stereocenters. The summed E-state index contributed by atoms with van der Waals surface area (Å²) < 4.78 is 35.5. The molecular formula is C52H58O8. The van der Waals surface area contributed by atoms with Crippen LogP contribution in [0, 0.1) is 35.5 Å². The van der Waals surface area contributed by atoms with Crippen LogP contribution in [0.5, 0.6) is 11.5 Å². The molecule has 6 rings (SSSR count). The van der Waals surface area contributed by atoms with E-state index in [0.29, 0.717) is 23.0 Å².